The van der Waals surface area contributed by atoms with Gasteiger partial charge < -0.3 is 5.73 Å². The maximum Gasteiger partial charge on any atom is 0.0114 e. The smallest absolute Gasteiger partial charge is 0.0114 e. The molecule has 0 aromatic rings. The van der Waals surface area contributed by atoms with Crippen LogP contribution < -0.4 is 5.73 Å². The maximum atomic E-state index is 5.97. The number of hydrogen-bond acceptors (Lipinski definition) is 1. The van der Waals surface area contributed by atoms with Crippen molar-refractivity contribution in [2.45, 2.75) is 41.0 Å². The van der Waals surface area contributed by atoms with Gasteiger partial charge >= 0.3 is 0 Å². The third-order valence-electron chi connectivity index (χ3n) is 3.06. The Kier molecular flexibility index (Phi) is 4.82. The average Bonchev–Trinajstić information content (AvgIpc) is 2.12. The Morgan fingerprint density at radius 2 is 2.00 bits per heavy atom. The van der Waals surface area contributed by atoms with Crippen molar-refractivity contribution < 1.29 is 0 Å². The minimum atomic E-state index is 0.294. The van der Waals surface area contributed by atoms with E-state index in [1.807, 2.05) is 25.2 Å². The highest BCUT2D eigenvalue weighted by Gasteiger charge is 2.24. The summed E-state index contributed by atoms with van der Waals surface area (Å²) in [5.74, 6) is 0.439. The summed E-state index contributed by atoms with van der Waals surface area (Å²) in [5.41, 5.74) is 7.25. The van der Waals surface area contributed by atoms with Gasteiger partial charge in [-0.2, -0.15) is 0 Å². The molecule has 76 valence electrons. The zero-order chi connectivity index (χ0) is 10.5. The van der Waals surface area contributed by atoms with Crippen molar-refractivity contribution in [1.82, 2.24) is 0 Å². The average molecular weight is 181 g/mol. The molecule has 0 fully saturated rings. The molecule has 0 aliphatic rings. The highest BCUT2D eigenvalue weighted by Crippen LogP contribution is 2.33. The second-order valence-electron chi connectivity index (χ2n) is 4.26. The van der Waals surface area contributed by atoms with E-state index in [-0.39, 0.29) is 0 Å². The summed E-state index contributed by atoms with van der Waals surface area (Å²) >= 11 is 0. The van der Waals surface area contributed by atoms with Gasteiger partial charge in [-0.3, -0.25) is 0 Å². The van der Waals surface area contributed by atoms with E-state index in [9.17, 15) is 0 Å². The van der Waals surface area contributed by atoms with Crippen LogP contribution in [-0.2, 0) is 0 Å². The van der Waals surface area contributed by atoms with E-state index in [0.29, 0.717) is 11.3 Å². The largest absolute Gasteiger partial charge is 0.402 e. The lowest BCUT2D eigenvalue weighted by Gasteiger charge is -2.30. The lowest BCUT2D eigenvalue weighted by Crippen LogP contribution is -2.25. The van der Waals surface area contributed by atoms with Gasteiger partial charge in [-0.15, -0.1) is 0 Å². The van der Waals surface area contributed by atoms with Crippen LogP contribution in [0.2, 0.25) is 0 Å². The van der Waals surface area contributed by atoms with Crippen LogP contribution in [-0.4, -0.2) is 0 Å². The molecule has 0 saturated heterocycles. The molecule has 1 atom stereocenters. The summed E-state index contributed by atoms with van der Waals surface area (Å²) < 4.78 is 0. The van der Waals surface area contributed by atoms with E-state index in [0.717, 1.165) is 12.1 Å². The van der Waals surface area contributed by atoms with Crippen molar-refractivity contribution in [3.8, 4) is 0 Å². The normalized spacial score (nSPS) is 16.5. The summed E-state index contributed by atoms with van der Waals surface area (Å²) in [6.45, 7) is 10.9. The van der Waals surface area contributed by atoms with Gasteiger partial charge in [-0.05, 0) is 18.4 Å². The number of nitrogens with two attached hydrogens (primary N) is 1. The Bertz CT molecular complexity index is 199. The van der Waals surface area contributed by atoms with Crippen molar-refractivity contribution in [2.24, 2.45) is 17.1 Å². The second-order valence-corrected chi connectivity index (χ2v) is 4.26. The SMILES string of the molecule is C/C=C\C=C(\N)C(C)C(C)(C)CC. The standard InChI is InChI=1S/C12H23N/c1-6-8-9-11(13)10(3)12(4,5)7-2/h6,8-10H,7,13H2,1-5H3/b8-6-,11-9+. The predicted molar refractivity (Wildman–Crippen MR) is 60.3 cm³/mol. The highest BCUT2D eigenvalue weighted by atomic mass is 14.6. The first-order valence-corrected chi connectivity index (χ1v) is 5.04. The van der Waals surface area contributed by atoms with Crippen LogP contribution in [0.1, 0.15) is 41.0 Å². The number of allylic oxidation sites excluding steroid dienone is 4. The summed E-state index contributed by atoms with van der Waals surface area (Å²) in [6.07, 6.45) is 7.15. The van der Waals surface area contributed by atoms with E-state index < -0.39 is 0 Å². The van der Waals surface area contributed by atoms with Crippen molar-refractivity contribution >= 4 is 0 Å². The van der Waals surface area contributed by atoms with E-state index in [4.69, 9.17) is 5.73 Å². The van der Waals surface area contributed by atoms with Crippen LogP contribution in [0, 0.1) is 11.3 Å². The zero-order valence-corrected chi connectivity index (χ0v) is 9.59. The van der Waals surface area contributed by atoms with E-state index in [1.165, 1.54) is 0 Å². The molecular weight excluding hydrogens is 158 g/mol. The lowest BCUT2D eigenvalue weighted by atomic mass is 9.76. The van der Waals surface area contributed by atoms with Crippen molar-refractivity contribution in [3.05, 3.63) is 23.9 Å². The Morgan fingerprint density at radius 1 is 1.46 bits per heavy atom. The van der Waals surface area contributed by atoms with Gasteiger partial charge in [0.05, 0.1) is 0 Å². The molecule has 1 heteroatoms. The fourth-order valence-electron chi connectivity index (χ4n) is 1.11. The summed E-state index contributed by atoms with van der Waals surface area (Å²) in [5, 5.41) is 0. The van der Waals surface area contributed by atoms with Crippen LogP contribution in [0.3, 0.4) is 0 Å². The molecule has 0 aliphatic heterocycles. The summed E-state index contributed by atoms with van der Waals surface area (Å²) in [4.78, 5) is 0. The molecule has 0 saturated carbocycles. The molecule has 0 aromatic carbocycles. The molecule has 0 heterocycles. The van der Waals surface area contributed by atoms with Gasteiger partial charge in [0, 0.05) is 11.6 Å². The molecule has 0 aliphatic carbocycles. The van der Waals surface area contributed by atoms with Gasteiger partial charge in [-0.25, -0.2) is 0 Å². The minimum absolute atomic E-state index is 0.294. The summed E-state index contributed by atoms with van der Waals surface area (Å²) in [7, 11) is 0. The summed E-state index contributed by atoms with van der Waals surface area (Å²) in [6, 6.07) is 0. The van der Waals surface area contributed by atoms with Crippen molar-refractivity contribution in [2.75, 3.05) is 0 Å². The minimum Gasteiger partial charge on any atom is -0.402 e. The predicted octanol–water partition coefficient (Wildman–Crippen LogP) is 3.48. The lowest BCUT2D eigenvalue weighted by molar-refractivity contribution is 0.253. The molecule has 0 amide bonds. The molecule has 1 nitrogen and oxygen atoms in total. The van der Waals surface area contributed by atoms with Gasteiger partial charge in [-0.1, -0.05) is 46.3 Å². The van der Waals surface area contributed by atoms with Crippen LogP contribution in [0.4, 0.5) is 0 Å². The molecule has 13 heavy (non-hydrogen) atoms. The van der Waals surface area contributed by atoms with Crippen LogP contribution in [0.25, 0.3) is 0 Å². The van der Waals surface area contributed by atoms with Gasteiger partial charge in [0.15, 0.2) is 0 Å². The second kappa shape index (κ2) is 5.11. The molecular formula is C12H23N. The molecule has 0 bridgehead atoms. The van der Waals surface area contributed by atoms with Crippen molar-refractivity contribution in [1.29, 1.82) is 0 Å². The zero-order valence-electron chi connectivity index (χ0n) is 9.59. The molecule has 0 radical (unpaired) electrons. The maximum absolute atomic E-state index is 5.97. The Hall–Kier alpha value is -0.720. The monoisotopic (exact) mass is 181 g/mol. The number of rotatable bonds is 4. The molecule has 0 rings (SSSR count). The quantitative estimate of drug-likeness (QED) is 0.660. The van der Waals surface area contributed by atoms with Crippen LogP contribution in [0.15, 0.2) is 23.9 Å². The molecule has 0 spiro atoms. The molecule has 0 aromatic heterocycles. The van der Waals surface area contributed by atoms with Gasteiger partial charge in [0.2, 0.25) is 0 Å². The highest BCUT2D eigenvalue weighted by molar-refractivity contribution is 5.13. The van der Waals surface area contributed by atoms with Gasteiger partial charge in [0.1, 0.15) is 0 Å². The fraction of sp³-hybridized carbons (Fsp3) is 0.667. The van der Waals surface area contributed by atoms with E-state index in [1.54, 1.807) is 0 Å². The van der Waals surface area contributed by atoms with E-state index >= 15 is 0 Å². The van der Waals surface area contributed by atoms with Crippen LogP contribution in [0.5, 0.6) is 0 Å². The van der Waals surface area contributed by atoms with Crippen LogP contribution >= 0.6 is 0 Å². The molecule has 2 N–H and O–H groups in total. The first-order valence-electron chi connectivity index (χ1n) is 5.04. The number of hydrogen-bond donors (Lipinski definition) is 1. The topological polar surface area (TPSA) is 26.0 Å². The fourth-order valence-corrected chi connectivity index (χ4v) is 1.11. The third kappa shape index (κ3) is 3.67. The first-order chi connectivity index (χ1) is 5.95. The molecule has 1 unspecified atom stereocenters. The van der Waals surface area contributed by atoms with E-state index in [2.05, 4.69) is 27.7 Å². The third-order valence-corrected chi connectivity index (χ3v) is 3.06. The first kappa shape index (κ1) is 12.3. The Labute approximate surface area is 82.7 Å². The van der Waals surface area contributed by atoms with Gasteiger partial charge in [0.25, 0.3) is 0 Å². The van der Waals surface area contributed by atoms with Crippen molar-refractivity contribution in [3.63, 3.8) is 0 Å². The Balaban J connectivity index is 4.50. The Morgan fingerprint density at radius 3 is 2.38 bits per heavy atom.